The fraction of sp³-hybridized carbons (Fsp3) is 0.480. The maximum Gasteiger partial charge on any atom is 0.342 e. The van der Waals surface area contributed by atoms with Crippen molar-refractivity contribution >= 4 is 30.5 Å². The topological polar surface area (TPSA) is 167 Å². The SMILES string of the molecule is CCCCCOC(=O)C(C)(C)NP(=O)(CO[C@H](C)Cn1cnc2c(N)ncnc21)Oc1cccc(C#N)c1. The van der Waals surface area contributed by atoms with Gasteiger partial charge in [0.15, 0.2) is 11.5 Å². The summed E-state index contributed by atoms with van der Waals surface area (Å²) in [5, 5.41) is 12.1. The number of unbranched alkanes of at least 4 members (excludes halogenated alkanes) is 2. The molecule has 0 bridgehead atoms. The van der Waals surface area contributed by atoms with Crippen LogP contribution in [0.25, 0.3) is 11.2 Å². The highest BCUT2D eigenvalue weighted by Crippen LogP contribution is 2.45. The number of nitrogens with two attached hydrogens (primary N) is 1. The molecule has 3 N–H and O–H groups in total. The average Bonchev–Trinajstić information content (AvgIpc) is 3.29. The summed E-state index contributed by atoms with van der Waals surface area (Å²) in [6, 6.07) is 8.29. The number of hydrogen-bond donors (Lipinski definition) is 2. The molecule has 12 nitrogen and oxygen atoms in total. The van der Waals surface area contributed by atoms with Crippen molar-refractivity contribution in [2.45, 2.75) is 65.1 Å². The fourth-order valence-electron chi connectivity index (χ4n) is 3.63. The van der Waals surface area contributed by atoms with E-state index in [4.69, 9.17) is 19.7 Å². The van der Waals surface area contributed by atoms with Crippen LogP contribution in [0.2, 0.25) is 0 Å². The first-order valence-corrected chi connectivity index (χ1v) is 14.2. The van der Waals surface area contributed by atoms with E-state index < -0.39 is 25.1 Å². The Morgan fingerprint density at radius 3 is 2.82 bits per heavy atom. The lowest BCUT2D eigenvalue weighted by Gasteiger charge is -2.30. The molecule has 0 saturated heterocycles. The highest BCUT2D eigenvalue weighted by atomic mass is 31.2. The molecule has 204 valence electrons. The quantitative estimate of drug-likeness (QED) is 0.171. The minimum Gasteiger partial charge on any atom is -0.464 e. The van der Waals surface area contributed by atoms with Crippen LogP contribution < -0.4 is 15.3 Å². The maximum atomic E-state index is 14.0. The number of esters is 1. The average molecular weight is 544 g/mol. The normalized spacial score (nSPS) is 14.0. The maximum absolute atomic E-state index is 14.0. The van der Waals surface area contributed by atoms with E-state index in [9.17, 15) is 14.6 Å². The van der Waals surface area contributed by atoms with Crippen LogP contribution in [-0.4, -0.2) is 50.1 Å². The molecule has 0 amide bonds. The van der Waals surface area contributed by atoms with Crippen LogP contribution in [0.1, 0.15) is 52.5 Å². The van der Waals surface area contributed by atoms with Gasteiger partial charge in [-0.1, -0.05) is 25.8 Å². The number of aromatic nitrogens is 4. The number of benzene rings is 1. The predicted molar refractivity (Wildman–Crippen MR) is 142 cm³/mol. The molecule has 0 aliphatic carbocycles. The number of fused-ring (bicyclic) bond motifs is 1. The van der Waals surface area contributed by atoms with Crippen LogP contribution in [0.15, 0.2) is 36.9 Å². The van der Waals surface area contributed by atoms with Gasteiger partial charge in [-0.25, -0.2) is 20.0 Å². The first-order chi connectivity index (χ1) is 18.1. The van der Waals surface area contributed by atoms with E-state index in [0.29, 0.717) is 23.3 Å². The van der Waals surface area contributed by atoms with Crippen molar-refractivity contribution in [3.8, 4) is 11.8 Å². The summed E-state index contributed by atoms with van der Waals surface area (Å²) in [7, 11) is -3.84. The largest absolute Gasteiger partial charge is 0.464 e. The van der Waals surface area contributed by atoms with Gasteiger partial charge in [-0.05, 0) is 45.4 Å². The minimum atomic E-state index is -3.84. The molecule has 0 spiro atoms. The lowest BCUT2D eigenvalue weighted by atomic mass is 10.1. The molecule has 3 aromatic rings. The van der Waals surface area contributed by atoms with Crippen LogP contribution in [-0.2, 0) is 25.4 Å². The summed E-state index contributed by atoms with van der Waals surface area (Å²) >= 11 is 0. The van der Waals surface area contributed by atoms with Crippen LogP contribution in [0, 0.1) is 11.3 Å². The minimum absolute atomic E-state index is 0.205. The zero-order valence-electron chi connectivity index (χ0n) is 22.1. The van der Waals surface area contributed by atoms with Gasteiger partial charge < -0.3 is 24.3 Å². The third-order valence-corrected chi connectivity index (χ3v) is 7.46. The van der Waals surface area contributed by atoms with Gasteiger partial charge in [0.25, 0.3) is 0 Å². The van der Waals surface area contributed by atoms with Crippen molar-refractivity contribution in [3.05, 3.63) is 42.5 Å². The number of hydrogen-bond acceptors (Lipinski definition) is 10. The van der Waals surface area contributed by atoms with E-state index in [2.05, 4.69) is 27.0 Å². The number of nitrogen functional groups attached to an aromatic ring is 1. The molecule has 1 unspecified atom stereocenters. The van der Waals surface area contributed by atoms with E-state index in [1.807, 2.05) is 6.07 Å². The molecular formula is C25H34N7O5P. The molecule has 0 aliphatic rings. The Kier molecular flexibility index (Phi) is 9.80. The third kappa shape index (κ3) is 7.74. The smallest absolute Gasteiger partial charge is 0.342 e. The van der Waals surface area contributed by atoms with Crippen molar-refractivity contribution in [1.82, 2.24) is 24.6 Å². The highest BCUT2D eigenvalue weighted by Gasteiger charge is 2.39. The summed E-state index contributed by atoms with van der Waals surface area (Å²) in [6.45, 7) is 7.60. The van der Waals surface area contributed by atoms with Crippen LogP contribution in [0.3, 0.4) is 0 Å². The number of ether oxygens (including phenoxy) is 2. The number of nitrogens with zero attached hydrogens (tertiary/aromatic N) is 5. The predicted octanol–water partition coefficient (Wildman–Crippen LogP) is 4.02. The highest BCUT2D eigenvalue weighted by molar-refractivity contribution is 7.57. The zero-order chi connectivity index (χ0) is 27.8. The van der Waals surface area contributed by atoms with Gasteiger partial charge in [-0.15, -0.1) is 0 Å². The summed E-state index contributed by atoms with van der Waals surface area (Å²) in [5.41, 5.74) is 5.89. The number of nitrogens with one attached hydrogen (secondary N) is 1. The fourth-order valence-corrected chi connectivity index (χ4v) is 5.64. The summed E-state index contributed by atoms with van der Waals surface area (Å²) in [4.78, 5) is 25.2. The monoisotopic (exact) mass is 543 g/mol. The first-order valence-electron chi connectivity index (χ1n) is 12.4. The van der Waals surface area contributed by atoms with Gasteiger partial charge in [0.2, 0.25) is 0 Å². The molecule has 13 heteroatoms. The van der Waals surface area contributed by atoms with Crippen LogP contribution in [0.5, 0.6) is 5.75 Å². The molecule has 2 aromatic heterocycles. The van der Waals surface area contributed by atoms with Crippen molar-refractivity contribution in [2.24, 2.45) is 0 Å². The molecule has 0 saturated carbocycles. The second-order valence-corrected chi connectivity index (χ2v) is 11.4. The molecule has 38 heavy (non-hydrogen) atoms. The molecule has 1 aromatic carbocycles. The lowest BCUT2D eigenvalue weighted by Crippen LogP contribution is -2.47. The van der Waals surface area contributed by atoms with Crippen molar-refractivity contribution in [1.29, 1.82) is 5.26 Å². The molecular weight excluding hydrogens is 509 g/mol. The number of carbonyl (C=O) groups excluding carboxylic acids is 1. The van der Waals surface area contributed by atoms with E-state index in [1.165, 1.54) is 12.4 Å². The summed E-state index contributed by atoms with van der Waals surface area (Å²) in [5.74, 6) is -0.0812. The Morgan fingerprint density at radius 1 is 1.29 bits per heavy atom. The van der Waals surface area contributed by atoms with Gasteiger partial charge in [0.05, 0.1) is 37.2 Å². The van der Waals surface area contributed by atoms with Gasteiger partial charge in [0, 0.05) is 0 Å². The van der Waals surface area contributed by atoms with Crippen molar-refractivity contribution < 1.29 is 23.4 Å². The van der Waals surface area contributed by atoms with Gasteiger partial charge in [0.1, 0.15) is 29.5 Å². The molecule has 2 heterocycles. The lowest BCUT2D eigenvalue weighted by molar-refractivity contribution is -0.149. The van der Waals surface area contributed by atoms with Crippen molar-refractivity contribution in [2.75, 3.05) is 18.7 Å². The number of nitriles is 1. The Balaban J connectivity index is 1.75. The van der Waals surface area contributed by atoms with Gasteiger partial charge in [-0.2, -0.15) is 5.26 Å². The molecule has 0 fully saturated rings. The number of carbonyl (C=O) groups is 1. The molecule has 0 radical (unpaired) electrons. The summed E-state index contributed by atoms with van der Waals surface area (Å²) < 4.78 is 33.0. The zero-order valence-corrected chi connectivity index (χ0v) is 23.0. The third-order valence-electron chi connectivity index (χ3n) is 5.57. The van der Waals surface area contributed by atoms with Gasteiger partial charge in [-0.3, -0.25) is 9.36 Å². The Labute approximate surface area is 222 Å². The number of anilines is 1. The van der Waals surface area contributed by atoms with Crippen LogP contribution in [0.4, 0.5) is 5.82 Å². The first kappa shape index (κ1) is 29.0. The van der Waals surface area contributed by atoms with E-state index in [-0.39, 0.29) is 24.5 Å². The van der Waals surface area contributed by atoms with E-state index in [1.54, 1.807) is 49.9 Å². The number of rotatable bonds is 14. The van der Waals surface area contributed by atoms with Crippen LogP contribution >= 0.6 is 7.52 Å². The Bertz CT molecular complexity index is 1340. The Hall–Kier alpha value is -3.52. The molecule has 3 rings (SSSR count). The summed E-state index contributed by atoms with van der Waals surface area (Å²) in [6.07, 6.45) is 4.80. The van der Waals surface area contributed by atoms with Crippen molar-refractivity contribution in [3.63, 3.8) is 0 Å². The second kappa shape index (κ2) is 12.8. The van der Waals surface area contributed by atoms with Gasteiger partial charge >= 0.3 is 13.5 Å². The standard InChI is InChI=1S/C25H34N7O5P/c1-5-6-7-11-35-24(33)25(3,4)31-38(34,37-20-10-8-9-19(12-20)13-26)17-36-18(2)14-32-16-30-21-22(27)28-15-29-23(21)32/h8-10,12,15-16,18H,5-7,11,14,17H2,1-4H3,(H,31,34)(H2,27,28,29)/t18-,38?/m1/s1. The van der Waals surface area contributed by atoms with E-state index >= 15 is 0 Å². The second-order valence-electron chi connectivity index (χ2n) is 9.42. The Morgan fingerprint density at radius 2 is 2.08 bits per heavy atom. The van der Waals surface area contributed by atoms with E-state index in [0.717, 1.165) is 19.3 Å². The molecule has 2 atom stereocenters. The number of imidazole rings is 1. The molecule has 0 aliphatic heterocycles.